The average molecular weight is 402 g/mol. The van der Waals surface area contributed by atoms with Crippen LogP contribution in [0, 0.1) is 12.7 Å². The van der Waals surface area contributed by atoms with Gasteiger partial charge in [0.2, 0.25) is 0 Å². The summed E-state index contributed by atoms with van der Waals surface area (Å²) in [7, 11) is 0. The second-order valence-electron chi connectivity index (χ2n) is 5.74. The molecule has 0 saturated carbocycles. The molecule has 0 unspecified atom stereocenters. The van der Waals surface area contributed by atoms with Crippen molar-refractivity contribution in [1.29, 1.82) is 0 Å². The molecule has 5 heteroatoms. The Bertz CT molecular complexity index is 956. The number of ether oxygens (including phenoxy) is 1. The molecule has 128 valence electrons. The molecular weight excluding hydrogens is 385 g/mol. The fraction of sp³-hybridized carbons (Fsp3) is 0.200. The van der Waals surface area contributed by atoms with Gasteiger partial charge in [0.1, 0.15) is 12.4 Å². The maximum atomic E-state index is 13.9. The van der Waals surface area contributed by atoms with Crippen molar-refractivity contribution in [2.75, 3.05) is 0 Å². The van der Waals surface area contributed by atoms with Crippen LogP contribution < -0.4 is 0 Å². The second kappa shape index (κ2) is 7.31. The van der Waals surface area contributed by atoms with E-state index in [1.807, 2.05) is 38.1 Å². The van der Waals surface area contributed by atoms with E-state index in [9.17, 15) is 9.18 Å². The number of aryl methyl sites for hydroxylation is 2. The number of para-hydroxylation sites is 1. The first-order valence-corrected chi connectivity index (χ1v) is 8.79. The molecule has 0 spiro atoms. The summed E-state index contributed by atoms with van der Waals surface area (Å²) in [5.41, 5.74) is 3.19. The van der Waals surface area contributed by atoms with Gasteiger partial charge in [-0.15, -0.1) is 0 Å². The third kappa shape index (κ3) is 3.56. The van der Waals surface area contributed by atoms with Crippen molar-refractivity contribution >= 4 is 32.8 Å². The smallest absolute Gasteiger partial charge is 0.340 e. The van der Waals surface area contributed by atoms with E-state index in [0.29, 0.717) is 27.7 Å². The normalized spacial score (nSPS) is 10.9. The summed E-state index contributed by atoms with van der Waals surface area (Å²) in [5.74, 6) is -0.888. The van der Waals surface area contributed by atoms with Crippen molar-refractivity contribution in [3.05, 3.63) is 75.1 Å². The number of hydrogen-bond donors (Lipinski definition) is 0. The number of aromatic nitrogens is 1. The third-order valence-electron chi connectivity index (χ3n) is 4.14. The van der Waals surface area contributed by atoms with Crippen molar-refractivity contribution in [1.82, 2.24) is 4.98 Å². The predicted molar refractivity (Wildman–Crippen MR) is 99.1 cm³/mol. The molecule has 0 aliphatic rings. The van der Waals surface area contributed by atoms with Crippen LogP contribution in [0.4, 0.5) is 4.39 Å². The van der Waals surface area contributed by atoms with Gasteiger partial charge in [-0.1, -0.05) is 47.1 Å². The van der Waals surface area contributed by atoms with Crippen molar-refractivity contribution in [3.8, 4) is 0 Å². The first kappa shape index (κ1) is 17.5. The lowest BCUT2D eigenvalue weighted by Crippen LogP contribution is -2.13. The molecule has 0 amide bonds. The fourth-order valence-corrected chi connectivity index (χ4v) is 3.15. The average Bonchev–Trinajstić information content (AvgIpc) is 2.60. The topological polar surface area (TPSA) is 39.2 Å². The highest BCUT2D eigenvalue weighted by Crippen LogP contribution is 2.24. The molecule has 0 aliphatic heterocycles. The number of rotatable bonds is 4. The lowest BCUT2D eigenvalue weighted by atomic mass is 10.0. The molecule has 25 heavy (non-hydrogen) atoms. The highest BCUT2D eigenvalue weighted by atomic mass is 79.9. The summed E-state index contributed by atoms with van der Waals surface area (Å²) in [6, 6.07) is 12.3. The molecule has 0 aliphatic carbocycles. The number of halogens is 2. The molecule has 0 saturated heterocycles. The van der Waals surface area contributed by atoms with E-state index < -0.39 is 11.8 Å². The lowest BCUT2D eigenvalue weighted by molar-refractivity contribution is 0.0466. The number of hydrogen-bond acceptors (Lipinski definition) is 3. The largest absolute Gasteiger partial charge is 0.457 e. The number of benzene rings is 2. The van der Waals surface area contributed by atoms with Crippen LogP contribution in [0.2, 0.25) is 0 Å². The molecular formula is C20H17BrFNO2. The van der Waals surface area contributed by atoms with E-state index in [1.165, 1.54) is 6.07 Å². The number of esters is 1. The van der Waals surface area contributed by atoms with Crippen molar-refractivity contribution < 1.29 is 13.9 Å². The molecule has 3 rings (SSSR count). The number of fused-ring (bicyclic) bond motifs is 1. The van der Waals surface area contributed by atoms with Gasteiger partial charge >= 0.3 is 5.97 Å². The van der Waals surface area contributed by atoms with Crippen LogP contribution in [-0.4, -0.2) is 11.0 Å². The summed E-state index contributed by atoms with van der Waals surface area (Å²) in [4.78, 5) is 17.2. The van der Waals surface area contributed by atoms with Gasteiger partial charge in [0.05, 0.1) is 16.8 Å². The Morgan fingerprint density at radius 3 is 2.72 bits per heavy atom. The number of carbonyl (C=O) groups excluding carboxylic acids is 1. The maximum absolute atomic E-state index is 13.9. The van der Waals surface area contributed by atoms with Crippen molar-refractivity contribution in [3.63, 3.8) is 0 Å². The first-order valence-electron chi connectivity index (χ1n) is 8.00. The summed E-state index contributed by atoms with van der Waals surface area (Å²) >= 11 is 3.21. The van der Waals surface area contributed by atoms with Crippen LogP contribution in [0.3, 0.4) is 0 Å². The molecule has 3 aromatic rings. The molecule has 0 bridgehead atoms. The van der Waals surface area contributed by atoms with Gasteiger partial charge in [-0.3, -0.25) is 4.98 Å². The molecule has 0 radical (unpaired) electrons. The van der Waals surface area contributed by atoms with Crippen LogP contribution in [0.15, 0.2) is 46.9 Å². The quantitative estimate of drug-likeness (QED) is 0.552. The number of nitrogens with zero attached hydrogens (tertiary/aromatic N) is 1. The monoisotopic (exact) mass is 401 g/mol. The SMILES string of the molecule is CCc1nc2ccccc2c(C)c1C(=O)OCc1ccc(Br)cc1F. The Kier molecular flexibility index (Phi) is 5.13. The van der Waals surface area contributed by atoms with E-state index >= 15 is 0 Å². The number of carbonyl (C=O) groups is 1. The minimum absolute atomic E-state index is 0.118. The molecule has 2 aromatic carbocycles. The predicted octanol–water partition coefficient (Wildman–Crippen LogP) is 5.36. The van der Waals surface area contributed by atoms with E-state index in [0.717, 1.165) is 16.5 Å². The Morgan fingerprint density at radius 2 is 2.00 bits per heavy atom. The van der Waals surface area contributed by atoms with Crippen LogP contribution in [0.5, 0.6) is 0 Å². The zero-order valence-corrected chi connectivity index (χ0v) is 15.6. The zero-order chi connectivity index (χ0) is 18.0. The molecule has 3 nitrogen and oxygen atoms in total. The number of pyridine rings is 1. The summed E-state index contributed by atoms with van der Waals surface area (Å²) in [6.07, 6.45) is 0.614. The standard InChI is InChI=1S/C20H17BrFNO2/c1-3-17-19(12(2)15-6-4-5-7-18(15)23-17)20(24)25-11-13-8-9-14(21)10-16(13)22/h4-10H,3,11H2,1-2H3. The molecule has 1 heterocycles. The molecule has 0 N–H and O–H groups in total. The highest BCUT2D eigenvalue weighted by molar-refractivity contribution is 9.10. The van der Waals surface area contributed by atoms with Gasteiger partial charge in [-0.2, -0.15) is 0 Å². The van der Waals surface area contributed by atoms with E-state index in [4.69, 9.17) is 4.74 Å². The van der Waals surface area contributed by atoms with Crippen LogP contribution >= 0.6 is 15.9 Å². The van der Waals surface area contributed by atoms with Crippen LogP contribution in [0.25, 0.3) is 10.9 Å². The summed E-state index contributed by atoms with van der Waals surface area (Å²) in [5, 5.41) is 0.918. The lowest BCUT2D eigenvalue weighted by Gasteiger charge is -2.13. The van der Waals surface area contributed by atoms with E-state index in [-0.39, 0.29) is 6.61 Å². The van der Waals surface area contributed by atoms with Crippen molar-refractivity contribution in [2.24, 2.45) is 0 Å². The second-order valence-corrected chi connectivity index (χ2v) is 6.66. The Morgan fingerprint density at radius 1 is 1.24 bits per heavy atom. The van der Waals surface area contributed by atoms with Crippen LogP contribution in [0.1, 0.15) is 34.1 Å². The zero-order valence-electron chi connectivity index (χ0n) is 14.0. The van der Waals surface area contributed by atoms with Gasteiger partial charge < -0.3 is 4.74 Å². The Balaban J connectivity index is 1.92. The maximum Gasteiger partial charge on any atom is 0.340 e. The van der Waals surface area contributed by atoms with Gasteiger partial charge in [0, 0.05) is 15.4 Å². The van der Waals surface area contributed by atoms with Gasteiger partial charge in [0.25, 0.3) is 0 Å². The third-order valence-corrected chi connectivity index (χ3v) is 4.63. The summed E-state index contributed by atoms with van der Waals surface area (Å²) in [6.45, 7) is 3.72. The first-order chi connectivity index (χ1) is 12.0. The molecule has 0 atom stereocenters. The summed E-state index contributed by atoms with van der Waals surface area (Å²) < 4.78 is 19.9. The fourth-order valence-electron chi connectivity index (χ4n) is 2.82. The minimum Gasteiger partial charge on any atom is -0.457 e. The van der Waals surface area contributed by atoms with Gasteiger partial charge in [-0.05, 0) is 37.1 Å². The van der Waals surface area contributed by atoms with E-state index in [1.54, 1.807) is 12.1 Å². The van der Waals surface area contributed by atoms with Gasteiger partial charge in [0.15, 0.2) is 0 Å². The molecule has 0 fully saturated rings. The highest BCUT2D eigenvalue weighted by Gasteiger charge is 2.19. The minimum atomic E-state index is -0.477. The Labute approximate surface area is 154 Å². The Hall–Kier alpha value is -2.27. The van der Waals surface area contributed by atoms with Gasteiger partial charge in [-0.25, -0.2) is 9.18 Å². The van der Waals surface area contributed by atoms with Crippen molar-refractivity contribution in [2.45, 2.75) is 26.9 Å². The van der Waals surface area contributed by atoms with E-state index in [2.05, 4.69) is 20.9 Å². The van der Waals surface area contributed by atoms with Crippen LogP contribution in [-0.2, 0) is 17.8 Å². The molecule has 1 aromatic heterocycles.